The monoisotopic (exact) mass is 228 g/mol. The first-order valence-corrected chi connectivity index (χ1v) is 5.92. The summed E-state index contributed by atoms with van der Waals surface area (Å²) in [5.74, 6) is 2.32. The molecule has 4 nitrogen and oxygen atoms in total. The summed E-state index contributed by atoms with van der Waals surface area (Å²) in [6, 6.07) is 8.56. The van der Waals surface area contributed by atoms with E-state index in [1.807, 2.05) is 14.0 Å². The molecule has 0 amide bonds. The van der Waals surface area contributed by atoms with Crippen LogP contribution in [0.1, 0.15) is 28.7 Å². The molecule has 0 bridgehead atoms. The molecule has 4 heteroatoms. The molecule has 17 heavy (non-hydrogen) atoms. The highest BCUT2D eigenvalue weighted by Crippen LogP contribution is 2.28. The molecule has 1 atom stereocenters. The van der Waals surface area contributed by atoms with E-state index >= 15 is 0 Å². The second-order valence-corrected chi connectivity index (χ2v) is 4.55. The van der Waals surface area contributed by atoms with Crippen LogP contribution < -0.4 is 5.32 Å². The van der Waals surface area contributed by atoms with Gasteiger partial charge in [-0.3, -0.25) is 0 Å². The van der Waals surface area contributed by atoms with Gasteiger partial charge in [0.15, 0.2) is 0 Å². The Labute approximate surface area is 101 Å². The summed E-state index contributed by atoms with van der Waals surface area (Å²) in [6.07, 6.45) is 0. The number of benzene rings is 1. The second-order valence-electron chi connectivity index (χ2n) is 4.55. The average Bonchev–Trinajstić information content (AvgIpc) is 2.69. The molecule has 1 unspecified atom stereocenters. The van der Waals surface area contributed by atoms with Gasteiger partial charge in [0.05, 0.1) is 5.92 Å². The van der Waals surface area contributed by atoms with Crippen LogP contribution in [0.2, 0.25) is 0 Å². The number of nitrogens with one attached hydrogen (secondary N) is 1. The summed E-state index contributed by atoms with van der Waals surface area (Å²) in [4.78, 5) is 0. The Morgan fingerprint density at radius 2 is 2.12 bits per heavy atom. The lowest BCUT2D eigenvalue weighted by Gasteiger charge is -2.25. The van der Waals surface area contributed by atoms with Crippen molar-refractivity contribution in [2.45, 2.75) is 19.4 Å². The Hall–Kier alpha value is -1.68. The van der Waals surface area contributed by atoms with Gasteiger partial charge in [-0.25, -0.2) is 0 Å². The van der Waals surface area contributed by atoms with Crippen molar-refractivity contribution in [3.05, 3.63) is 47.0 Å². The summed E-state index contributed by atoms with van der Waals surface area (Å²) in [7, 11) is 2.03. The largest absolute Gasteiger partial charge is 0.318 e. The van der Waals surface area contributed by atoms with Gasteiger partial charge in [0.1, 0.15) is 11.6 Å². The highest BCUT2D eigenvalue weighted by atomic mass is 15.3. The molecule has 0 saturated carbocycles. The minimum atomic E-state index is 0.311. The molecule has 2 aromatic rings. The van der Waals surface area contributed by atoms with Crippen LogP contribution in [0.25, 0.3) is 0 Å². The molecular formula is C13H16N4. The van der Waals surface area contributed by atoms with Crippen molar-refractivity contribution in [3.63, 3.8) is 0 Å². The fourth-order valence-electron chi connectivity index (χ4n) is 2.45. The SMILES string of the molecule is Cc1nnc(C2CNCc3ccccc32)n1C. The van der Waals surface area contributed by atoms with Gasteiger partial charge in [0.25, 0.3) is 0 Å². The summed E-state index contributed by atoms with van der Waals surface area (Å²) in [6.45, 7) is 3.87. The van der Waals surface area contributed by atoms with Gasteiger partial charge in [0.2, 0.25) is 0 Å². The van der Waals surface area contributed by atoms with E-state index in [1.165, 1.54) is 11.1 Å². The number of aromatic nitrogens is 3. The van der Waals surface area contributed by atoms with Gasteiger partial charge in [-0.1, -0.05) is 24.3 Å². The Morgan fingerprint density at radius 1 is 1.29 bits per heavy atom. The molecule has 0 fully saturated rings. The third-order valence-corrected chi connectivity index (χ3v) is 3.53. The van der Waals surface area contributed by atoms with E-state index in [-0.39, 0.29) is 0 Å². The maximum absolute atomic E-state index is 4.31. The quantitative estimate of drug-likeness (QED) is 0.801. The first-order chi connectivity index (χ1) is 8.27. The molecular weight excluding hydrogens is 212 g/mol. The number of fused-ring (bicyclic) bond motifs is 1. The molecule has 1 aliphatic heterocycles. The van der Waals surface area contributed by atoms with E-state index in [0.29, 0.717) is 5.92 Å². The fourth-order valence-corrected chi connectivity index (χ4v) is 2.45. The highest BCUT2D eigenvalue weighted by molar-refractivity contribution is 5.36. The maximum Gasteiger partial charge on any atom is 0.141 e. The predicted molar refractivity (Wildman–Crippen MR) is 65.7 cm³/mol. The molecule has 1 aliphatic rings. The van der Waals surface area contributed by atoms with Crippen molar-refractivity contribution in [1.29, 1.82) is 0 Å². The number of hydrogen-bond acceptors (Lipinski definition) is 3. The molecule has 0 saturated heterocycles. The fraction of sp³-hybridized carbons (Fsp3) is 0.385. The third kappa shape index (κ3) is 1.65. The van der Waals surface area contributed by atoms with Crippen LogP contribution in [0, 0.1) is 6.92 Å². The van der Waals surface area contributed by atoms with E-state index in [0.717, 1.165) is 24.7 Å². The first-order valence-electron chi connectivity index (χ1n) is 5.92. The van der Waals surface area contributed by atoms with E-state index < -0.39 is 0 Å². The smallest absolute Gasteiger partial charge is 0.141 e. The van der Waals surface area contributed by atoms with Gasteiger partial charge < -0.3 is 9.88 Å². The second kappa shape index (κ2) is 3.96. The van der Waals surface area contributed by atoms with Crippen molar-refractivity contribution < 1.29 is 0 Å². The van der Waals surface area contributed by atoms with Crippen molar-refractivity contribution >= 4 is 0 Å². The normalized spacial score (nSPS) is 19.1. The minimum absolute atomic E-state index is 0.311. The van der Waals surface area contributed by atoms with E-state index in [1.54, 1.807) is 0 Å². The first kappa shape index (κ1) is 10.5. The number of aryl methyl sites for hydroxylation is 1. The molecule has 1 aromatic heterocycles. The predicted octanol–water partition coefficient (Wildman–Crippen LogP) is 1.36. The van der Waals surface area contributed by atoms with Gasteiger partial charge in [-0.05, 0) is 18.1 Å². The zero-order valence-electron chi connectivity index (χ0n) is 10.1. The van der Waals surface area contributed by atoms with Crippen LogP contribution >= 0.6 is 0 Å². The molecule has 2 heterocycles. The molecule has 3 rings (SSSR count). The van der Waals surface area contributed by atoms with E-state index in [2.05, 4.69) is 44.3 Å². The van der Waals surface area contributed by atoms with Crippen LogP contribution in [-0.2, 0) is 13.6 Å². The minimum Gasteiger partial charge on any atom is -0.318 e. The number of nitrogens with zero attached hydrogens (tertiary/aromatic N) is 3. The standard InChI is InChI=1S/C13H16N4/c1-9-15-16-13(17(9)2)12-8-14-7-10-5-3-4-6-11(10)12/h3-6,12,14H,7-8H2,1-2H3. The van der Waals surface area contributed by atoms with E-state index in [4.69, 9.17) is 0 Å². The van der Waals surface area contributed by atoms with Crippen molar-refractivity contribution in [1.82, 2.24) is 20.1 Å². The Morgan fingerprint density at radius 3 is 2.88 bits per heavy atom. The molecule has 0 aliphatic carbocycles. The van der Waals surface area contributed by atoms with Gasteiger partial charge in [0, 0.05) is 20.1 Å². The Kier molecular flexibility index (Phi) is 2.44. The van der Waals surface area contributed by atoms with Crippen molar-refractivity contribution in [3.8, 4) is 0 Å². The maximum atomic E-state index is 4.31. The summed E-state index contributed by atoms with van der Waals surface area (Å²) < 4.78 is 2.08. The van der Waals surface area contributed by atoms with Crippen LogP contribution in [0.3, 0.4) is 0 Å². The zero-order valence-corrected chi connectivity index (χ0v) is 10.1. The number of rotatable bonds is 1. The summed E-state index contributed by atoms with van der Waals surface area (Å²) >= 11 is 0. The molecule has 0 spiro atoms. The average molecular weight is 228 g/mol. The molecule has 1 aromatic carbocycles. The van der Waals surface area contributed by atoms with Crippen LogP contribution in [0.5, 0.6) is 0 Å². The summed E-state index contributed by atoms with van der Waals surface area (Å²) in [5, 5.41) is 11.9. The molecule has 0 radical (unpaired) electrons. The van der Waals surface area contributed by atoms with E-state index in [9.17, 15) is 0 Å². The molecule has 1 N–H and O–H groups in total. The highest BCUT2D eigenvalue weighted by Gasteiger charge is 2.25. The topological polar surface area (TPSA) is 42.7 Å². The van der Waals surface area contributed by atoms with Crippen LogP contribution in [-0.4, -0.2) is 21.3 Å². The van der Waals surface area contributed by atoms with Crippen LogP contribution in [0.4, 0.5) is 0 Å². The van der Waals surface area contributed by atoms with Crippen LogP contribution in [0.15, 0.2) is 24.3 Å². The van der Waals surface area contributed by atoms with Gasteiger partial charge >= 0.3 is 0 Å². The van der Waals surface area contributed by atoms with Gasteiger partial charge in [-0.2, -0.15) is 0 Å². The summed E-state index contributed by atoms with van der Waals surface area (Å²) in [5.41, 5.74) is 2.74. The lowest BCUT2D eigenvalue weighted by atomic mass is 9.90. The zero-order chi connectivity index (χ0) is 11.8. The lowest BCUT2D eigenvalue weighted by Crippen LogP contribution is -2.30. The van der Waals surface area contributed by atoms with Crippen molar-refractivity contribution in [2.24, 2.45) is 7.05 Å². The molecule has 88 valence electrons. The van der Waals surface area contributed by atoms with Crippen molar-refractivity contribution in [2.75, 3.05) is 6.54 Å². The Balaban J connectivity index is 2.09. The Bertz CT molecular complexity index is 544. The third-order valence-electron chi connectivity index (χ3n) is 3.53. The lowest BCUT2D eigenvalue weighted by molar-refractivity contribution is 0.557. The number of hydrogen-bond donors (Lipinski definition) is 1. The van der Waals surface area contributed by atoms with Gasteiger partial charge in [-0.15, -0.1) is 10.2 Å².